The number of nitrogens with zero attached hydrogens (tertiary/aromatic N) is 2. The number of carbonyl (C=O) groups is 1. The van der Waals surface area contributed by atoms with Crippen molar-refractivity contribution in [1.29, 1.82) is 0 Å². The minimum absolute atomic E-state index is 0.0441. The number of anilines is 4. The molecule has 0 atom stereocenters. The van der Waals surface area contributed by atoms with Crippen molar-refractivity contribution in [2.45, 2.75) is 19.8 Å². The number of hydrogen-bond donors (Lipinski definition) is 2. The van der Waals surface area contributed by atoms with Gasteiger partial charge in [0.05, 0.1) is 17.6 Å². The molecule has 20 heavy (non-hydrogen) atoms. The topological polar surface area (TPSA) is 85.2 Å². The molecule has 5 nitrogen and oxygen atoms in total. The molecule has 0 radical (unpaired) electrons. The summed E-state index contributed by atoms with van der Waals surface area (Å²) >= 11 is 0. The highest BCUT2D eigenvalue weighted by molar-refractivity contribution is 6.03. The highest BCUT2D eigenvalue weighted by Gasteiger charge is 2.27. The Labute approximate surface area is 117 Å². The molecule has 0 bridgehead atoms. The van der Waals surface area contributed by atoms with E-state index in [1.165, 1.54) is 0 Å². The van der Waals surface area contributed by atoms with Crippen molar-refractivity contribution in [1.82, 2.24) is 4.98 Å². The molecule has 0 unspecified atom stereocenters. The lowest BCUT2D eigenvalue weighted by molar-refractivity contribution is -0.118. The van der Waals surface area contributed by atoms with Crippen LogP contribution in [0.1, 0.15) is 17.5 Å². The molecule has 0 fully saturated rings. The molecular formula is C15H16N4O. The first-order valence-electron chi connectivity index (χ1n) is 6.50. The van der Waals surface area contributed by atoms with Gasteiger partial charge < -0.3 is 11.5 Å². The number of aromatic nitrogens is 1. The van der Waals surface area contributed by atoms with E-state index in [1.54, 1.807) is 17.2 Å². The predicted octanol–water partition coefficient (Wildman–Crippen LogP) is 2.17. The second kappa shape index (κ2) is 4.52. The van der Waals surface area contributed by atoms with Crippen LogP contribution in [0.25, 0.3) is 0 Å². The number of benzene rings is 1. The molecule has 1 amide bonds. The fourth-order valence-electron chi connectivity index (χ4n) is 2.57. The van der Waals surface area contributed by atoms with Crippen LogP contribution in [-0.2, 0) is 11.2 Å². The van der Waals surface area contributed by atoms with E-state index in [2.05, 4.69) is 4.98 Å². The van der Waals surface area contributed by atoms with Gasteiger partial charge in [0.15, 0.2) is 0 Å². The Morgan fingerprint density at radius 3 is 2.70 bits per heavy atom. The van der Waals surface area contributed by atoms with Crippen LogP contribution in [0.4, 0.5) is 22.9 Å². The normalized spacial score (nSPS) is 14.2. The number of carbonyl (C=O) groups excluding carboxylic acids is 1. The van der Waals surface area contributed by atoms with Crippen molar-refractivity contribution in [2.24, 2.45) is 0 Å². The van der Waals surface area contributed by atoms with Crippen LogP contribution in [0, 0.1) is 6.92 Å². The average molecular weight is 268 g/mol. The molecule has 5 heteroatoms. The van der Waals surface area contributed by atoms with Crippen LogP contribution in [0.3, 0.4) is 0 Å². The van der Waals surface area contributed by atoms with E-state index in [-0.39, 0.29) is 5.91 Å². The number of nitrogens with two attached hydrogens (primary N) is 2. The van der Waals surface area contributed by atoms with Gasteiger partial charge in [0, 0.05) is 12.1 Å². The number of hydrogen-bond acceptors (Lipinski definition) is 4. The standard InChI is InChI=1S/C15H16N4O/c1-9-6-12(17)8-18-15(9)19-13-4-3-11(16)7-10(13)2-5-14(19)20/h3-4,6-8H,2,5,16-17H2,1H3. The Morgan fingerprint density at radius 2 is 1.95 bits per heavy atom. The first-order chi connectivity index (χ1) is 9.56. The second-order valence-electron chi connectivity index (χ2n) is 5.03. The average Bonchev–Trinajstić information content (AvgIpc) is 2.40. The van der Waals surface area contributed by atoms with Crippen LogP contribution in [0.2, 0.25) is 0 Å². The monoisotopic (exact) mass is 268 g/mol. The number of pyridine rings is 1. The van der Waals surface area contributed by atoms with E-state index in [4.69, 9.17) is 11.5 Å². The summed E-state index contributed by atoms with van der Waals surface area (Å²) in [6, 6.07) is 7.42. The second-order valence-corrected chi connectivity index (χ2v) is 5.03. The molecule has 1 aliphatic heterocycles. The lowest BCUT2D eigenvalue weighted by atomic mass is 10.00. The summed E-state index contributed by atoms with van der Waals surface area (Å²) in [5.41, 5.74) is 15.6. The summed E-state index contributed by atoms with van der Waals surface area (Å²) in [6.07, 6.45) is 2.74. The van der Waals surface area contributed by atoms with E-state index in [0.29, 0.717) is 30.0 Å². The number of fused-ring (bicyclic) bond motifs is 1. The van der Waals surface area contributed by atoms with Crippen LogP contribution < -0.4 is 16.4 Å². The van der Waals surface area contributed by atoms with Crippen molar-refractivity contribution < 1.29 is 4.79 Å². The van der Waals surface area contributed by atoms with Gasteiger partial charge in [-0.15, -0.1) is 0 Å². The Morgan fingerprint density at radius 1 is 1.15 bits per heavy atom. The van der Waals surface area contributed by atoms with Gasteiger partial charge in [0.1, 0.15) is 5.82 Å². The maximum Gasteiger partial charge on any atom is 0.233 e. The summed E-state index contributed by atoms with van der Waals surface area (Å²) < 4.78 is 0. The smallest absolute Gasteiger partial charge is 0.233 e. The first kappa shape index (κ1) is 12.5. The Bertz CT molecular complexity index is 696. The molecule has 0 aliphatic carbocycles. The fourth-order valence-corrected chi connectivity index (χ4v) is 2.57. The van der Waals surface area contributed by atoms with Gasteiger partial charge in [-0.2, -0.15) is 0 Å². The first-order valence-corrected chi connectivity index (χ1v) is 6.50. The van der Waals surface area contributed by atoms with Gasteiger partial charge in [-0.1, -0.05) is 0 Å². The number of nitrogen functional groups attached to an aromatic ring is 2. The zero-order valence-corrected chi connectivity index (χ0v) is 11.3. The van der Waals surface area contributed by atoms with Crippen LogP contribution >= 0.6 is 0 Å². The van der Waals surface area contributed by atoms with Gasteiger partial charge in [-0.25, -0.2) is 4.98 Å². The molecule has 1 aliphatic rings. The summed E-state index contributed by atoms with van der Waals surface area (Å²) in [4.78, 5) is 18.3. The van der Waals surface area contributed by atoms with E-state index in [1.807, 2.05) is 25.1 Å². The summed E-state index contributed by atoms with van der Waals surface area (Å²) in [6.45, 7) is 1.90. The Kier molecular flexibility index (Phi) is 2.82. The molecule has 0 spiro atoms. The molecule has 0 saturated carbocycles. The Hall–Kier alpha value is -2.56. The quantitative estimate of drug-likeness (QED) is 0.776. The van der Waals surface area contributed by atoms with Gasteiger partial charge in [-0.05, 0) is 48.7 Å². The molecule has 2 heterocycles. The van der Waals surface area contributed by atoms with E-state index >= 15 is 0 Å². The SMILES string of the molecule is Cc1cc(N)cnc1N1C(=O)CCc2cc(N)ccc21. The third-order valence-corrected chi connectivity index (χ3v) is 3.49. The van der Waals surface area contributed by atoms with Crippen molar-refractivity contribution in [3.05, 3.63) is 41.6 Å². The molecule has 1 aromatic heterocycles. The van der Waals surface area contributed by atoms with Crippen LogP contribution in [0.15, 0.2) is 30.5 Å². The van der Waals surface area contributed by atoms with E-state index in [9.17, 15) is 4.79 Å². The molecular weight excluding hydrogens is 252 g/mol. The summed E-state index contributed by atoms with van der Waals surface area (Å²) in [7, 11) is 0. The lowest BCUT2D eigenvalue weighted by Gasteiger charge is -2.29. The van der Waals surface area contributed by atoms with Gasteiger partial charge in [-0.3, -0.25) is 9.69 Å². The molecule has 0 saturated heterocycles. The number of aryl methyl sites for hydroxylation is 2. The van der Waals surface area contributed by atoms with E-state index in [0.717, 1.165) is 16.8 Å². The molecule has 2 aromatic rings. The maximum atomic E-state index is 12.3. The maximum absolute atomic E-state index is 12.3. The zero-order chi connectivity index (χ0) is 14.3. The fraction of sp³-hybridized carbons (Fsp3) is 0.200. The van der Waals surface area contributed by atoms with Crippen molar-refractivity contribution in [2.75, 3.05) is 16.4 Å². The highest BCUT2D eigenvalue weighted by atomic mass is 16.2. The van der Waals surface area contributed by atoms with Crippen LogP contribution in [0.5, 0.6) is 0 Å². The molecule has 3 rings (SSSR count). The predicted molar refractivity (Wildman–Crippen MR) is 79.7 cm³/mol. The molecule has 1 aromatic carbocycles. The van der Waals surface area contributed by atoms with Crippen LogP contribution in [-0.4, -0.2) is 10.9 Å². The van der Waals surface area contributed by atoms with Gasteiger partial charge in [0.2, 0.25) is 5.91 Å². The molecule has 102 valence electrons. The van der Waals surface area contributed by atoms with Crippen molar-refractivity contribution >= 4 is 28.8 Å². The van der Waals surface area contributed by atoms with Crippen molar-refractivity contribution in [3.8, 4) is 0 Å². The van der Waals surface area contributed by atoms with Crippen molar-refractivity contribution in [3.63, 3.8) is 0 Å². The van der Waals surface area contributed by atoms with Gasteiger partial charge >= 0.3 is 0 Å². The third kappa shape index (κ3) is 1.97. The largest absolute Gasteiger partial charge is 0.399 e. The number of amides is 1. The zero-order valence-electron chi connectivity index (χ0n) is 11.3. The lowest BCUT2D eigenvalue weighted by Crippen LogP contribution is -2.32. The highest BCUT2D eigenvalue weighted by Crippen LogP contribution is 2.35. The Balaban J connectivity index is 2.16. The van der Waals surface area contributed by atoms with E-state index < -0.39 is 0 Å². The summed E-state index contributed by atoms with van der Waals surface area (Å²) in [5, 5.41) is 0. The van der Waals surface area contributed by atoms with Gasteiger partial charge in [0.25, 0.3) is 0 Å². The molecule has 4 N–H and O–H groups in total. The number of rotatable bonds is 1. The summed E-state index contributed by atoms with van der Waals surface area (Å²) in [5.74, 6) is 0.678. The minimum Gasteiger partial charge on any atom is -0.399 e. The minimum atomic E-state index is 0.0441. The third-order valence-electron chi connectivity index (χ3n) is 3.49.